The van der Waals surface area contributed by atoms with Crippen LogP contribution in [0.2, 0.25) is 0 Å². The van der Waals surface area contributed by atoms with Crippen LogP contribution in [0.5, 0.6) is 0 Å². The number of nitrogens with two attached hydrogens (primary N) is 1. The van der Waals surface area contributed by atoms with Crippen molar-refractivity contribution in [1.29, 1.82) is 0 Å². The lowest BCUT2D eigenvalue weighted by molar-refractivity contribution is 0.254. The summed E-state index contributed by atoms with van der Waals surface area (Å²) in [5.74, 6) is 0. The molecule has 0 unspecified atom stereocenters. The molecule has 0 aliphatic heterocycles. The predicted molar refractivity (Wildman–Crippen MR) is 71.9 cm³/mol. The fraction of sp³-hybridized carbons (Fsp3) is 0.714. The van der Waals surface area contributed by atoms with Gasteiger partial charge in [-0.05, 0) is 63.1 Å². The highest BCUT2D eigenvalue weighted by atomic mass is 32.1. The summed E-state index contributed by atoms with van der Waals surface area (Å²) in [7, 11) is 0. The van der Waals surface area contributed by atoms with E-state index >= 15 is 0 Å². The topological polar surface area (TPSA) is 26.0 Å². The van der Waals surface area contributed by atoms with Gasteiger partial charge in [-0.1, -0.05) is 12.8 Å². The summed E-state index contributed by atoms with van der Waals surface area (Å²) in [6.07, 6.45) is 9.51. The van der Waals surface area contributed by atoms with Crippen molar-refractivity contribution >= 4 is 11.3 Å². The average molecular weight is 237 g/mol. The molecule has 1 aromatic heterocycles. The van der Waals surface area contributed by atoms with Crippen molar-refractivity contribution in [2.75, 3.05) is 6.54 Å². The number of hydrogen-bond acceptors (Lipinski definition) is 2. The molecule has 1 aliphatic carbocycles. The van der Waals surface area contributed by atoms with Gasteiger partial charge in [-0.3, -0.25) is 0 Å². The average Bonchev–Trinajstić information content (AvgIpc) is 2.86. The summed E-state index contributed by atoms with van der Waals surface area (Å²) in [5, 5.41) is 0. The Labute approximate surface area is 103 Å². The van der Waals surface area contributed by atoms with Crippen LogP contribution in [0.4, 0.5) is 0 Å². The Morgan fingerprint density at radius 1 is 1.25 bits per heavy atom. The van der Waals surface area contributed by atoms with Crippen LogP contribution in [0.3, 0.4) is 0 Å². The van der Waals surface area contributed by atoms with Crippen LogP contribution in [0.1, 0.15) is 48.3 Å². The van der Waals surface area contributed by atoms with E-state index in [1.54, 1.807) is 4.88 Å². The van der Waals surface area contributed by atoms with E-state index in [1.165, 1.54) is 49.8 Å². The second-order valence-corrected chi connectivity index (χ2v) is 6.63. The maximum Gasteiger partial charge on any atom is 0.00482 e. The van der Waals surface area contributed by atoms with Crippen molar-refractivity contribution in [2.45, 2.75) is 51.9 Å². The first-order valence-electron chi connectivity index (χ1n) is 6.49. The highest BCUT2D eigenvalue weighted by Gasteiger charge is 2.32. The van der Waals surface area contributed by atoms with Gasteiger partial charge in [-0.15, -0.1) is 11.3 Å². The summed E-state index contributed by atoms with van der Waals surface area (Å²) in [6.45, 7) is 3.06. The molecule has 1 aromatic rings. The van der Waals surface area contributed by atoms with Crippen LogP contribution in [0.25, 0.3) is 0 Å². The zero-order chi connectivity index (χ0) is 11.4. The van der Waals surface area contributed by atoms with Gasteiger partial charge < -0.3 is 5.73 Å². The van der Waals surface area contributed by atoms with Crippen molar-refractivity contribution in [1.82, 2.24) is 0 Å². The molecule has 0 atom stereocenters. The second kappa shape index (κ2) is 5.33. The minimum absolute atomic E-state index is 0.590. The van der Waals surface area contributed by atoms with E-state index in [-0.39, 0.29) is 0 Å². The Balaban J connectivity index is 1.91. The molecule has 1 aliphatic rings. The highest BCUT2D eigenvalue weighted by molar-refractivity contribution is 7.11. The van der Waals surface area contributed by atoms with Crippen molar-refractivity contribution in [3.63, 3.8) is 0 Å². The van der Waals surface area contributed by atoms with Crippen LogP contribution < -0.4 is 5.73 Å². The van der Waals surface area contributed by atoms with Gasteiger partial charge in [0.05, 0.1) is 0 Å². The van der Waals surface area contributed by atoms with E-state index in [9.17, 15) is 0 Å². The smallest absolute Gasteiger partial charge is 0.00482 e. The largest absolute Gasteiger partial charge is 0.330 e. The van der Waals surface area contributed by atoms with Gasteiger partial charge in [0.25, 0.3) is 0 Å². The molecule has 16 heavy (non-hydrogen) atoms. The Bertz CT molecular complexity index is 323. The predicted octanol–water partition coefficient (Wildman–Crippen LogP) is 3.90. The van der Waals surface area contributed by atoms with Gasteiger partial charge in [0, 0.05) is 9.75 Å². The Hall–Kier alpha value is -0.340. The molecule has 2 heteroatoms. The molecule has 90 valence electrons. The first kappa shape index (κ1) is 12.1. The Morgan fingerprint density at radius 3 is 2.56 bits per heavy atom. The molecule has 0 bridgehead atoms. The van der Waals surface area contributed by atoms with Crippen LogP contribution >= 0.6 is 11.3 Å². The standard InChI is InChI=1S/C14H23NS/c1-12-4-5-13(16-12)6-9-14(10-11-15)7-2-3-8-14/h4-5H,2-3,6-11,15H2,1H3. The summed E-state index contributed by atoms with van der Waals surface area (Å²) in [6, 6.07) is 4.54. The first-order chi connectivity index (χ1) is 7.74. The minimum Gasteiger partial charge on any atom is -0.330 e. The van der Waals surface area contributed by atoms with E-state index in [0.717, 1.165) is 6.54 Å². The van der Waals surface area contributed by atoms with Crippen LogP contribution in [-0.4, -0.2) is 6.54 Å². The first-order valence-corrected chi connectivity index (χ1v) is 7.31. The summed E-state index contributed by atoms with van der Waals surface area (Å²) >= 11 is 1.96. The summed E-state index contributed by atoms with van der Waals surface area (Å²) in [5.41, 5.74) is 6.36. The molecule has 1 fully saturated rings. The minimum atomic E-state index is 0.590. The van der Waals surface area contributed by atoms with Crippen LogP contribution in [0.15, 0.2) is 12.1 Å². The van der Waals surface area contributed by atoms with Crippen molar-refractivity contribution < 1.29 is 0 Å². The quantitative estimate of drug-likeness (QED) is 0.826. The molecule has 0 amide bonds. The molecule has 0 saturated heterocycles. The molecule has 2 N–H and O–H groups in total. The normalized spacial score (nSPS) is 19.1. The van der Waals surface area contributed by atoms with E-state index in [4.69, 9.17) is 5.73 Å². The zero-order valence-electron chi connectivity index (χ0n) is 10.3. The summed E-state index contributed by atoms with van der Waals surface area (Å²) < 4.78 is 0. The molecule has 0 radical (unpaired) electrons. The SMILES string of the molecule is Cc1ccc(CCC2(CCN)CCCC2)s1. The molecule has 1 heterocycles. The van der Waals surface area contributed by atoms with E-state index in [2.05, 4.69) is 19.1 Å². The number of rotatable bonds is 5. The number of aryl methyl sites for hydroxylation is 2. The molecular weight excluding hydrogens is 214 g/mol. The summed E-state index contributed by atoms with van der Waals surface area (Å²) in [4.78, 5) is 3.00. The lowest BCUT2D eigenvalue weighted by Crippen LogP contribution is -2.21. The maximum absolute atomic E-state index is 5.77. The lowest BCUT2D eigenvalue weighted by atomic mass is 9.78. The maximum atomic E-state index is 5.77. The van der Waals surface area contributed by atoms with Gasteiger partial charge in [-0.25, -0.2) is 0 Å². The van der Waals surface area contributed by atoms with E-state index in [0.29, 0.717) is 5.41 Å². The third-order valence-electron chi connectivity index (χ3n) is 4.04. The third kappa shape index (κ3) is 2.86. The lowest BCUT2D eigenvalue weighted by Gasteiger charge is -2.28. The molecule has 1 saturated carbocycles. The number of thiophene rings is 1. The Kier molecular flexibility index (Phi) is 4.04. The second-order valence-electron chi connectivity index (χ2n) is 5.26. The molecule has 2 rings (SSSR count). The molecule has 0 aromatic carbocycles. The monoisotopic (exact) mass is 237 g/mol. The van der Waals surface area contributed by atoms with Gasteiger partial charge in [0.1, 0.15) is 0 Å². The van der Waals surface area contributed by atoms with Crippen molar-refractivity contribution in [2.24, 2.45) is 11.1 Å². The van der Waals surface area contributed by atoms with Gasteiger partial charge in [-0.2, -0.15) is 0 Å². The Morgan fingerprint density at radius 2 is 2.00 bits per heavy atom. The van der Waals surface area contributed by atoms with Gasteiger partial charge in [0.2, 0.25) is 0 Å². The van der Waals surface area contributed by atoms with Crippen molar-refractivity contribution in [3.05, 3.63) is 21.9 Å². The van der Waals surface area contributed by atoms with Gasteiger partial charge in [0.15, 0.2) is 0 Å². The third-order valence-corrected chi connectivity index (χ3v) is 5.10. The van der Waals surface area contributed by atoms with Gasteiger partial charge >= 0.3 is 0 Å². The molecule has 1 nitrogen and oxygen atoms in total. The highest BCUT2D eigenvalue weighted by Crippen LogP contribution is 2.44. The van der Waals surface area contributed by atoms with Crippen LogP contribution in [-0.2, 0) is 6.42 Å². The van der Waals surface area contributed by atoms with Crippen molar-refractivity contribution in [3.8, 4) is 0 Å². The molecule has 0 spiro atoms. The number of hydrogen-bond donors (Lipinski definition) is 1. The zero-order valence-corrected chi connectivity index (χ0v) is 11.1. The molecular formula is C14H23NS. The van der Waals surface area contributed by atoms with E-state index < -0.39 is 0 Å². The fourth-order valence-corrected chi connectivity index (χ4v) is 3.95. The van der Waals surface area contributed by atoms with Crippen LogP contribution in [0, 0.1) is 12.3 Å². The fourth-order valence-electron chi connectivity index (χ4n) is 3.06. The van der Waals surface area contributed by atoms with E-state index in [1.807, 2.05) is 11.3 Å².